The number of ketones is 1. The van der Waals surface area contributed by atoms with Crippen molar-refractivity contribution in [2.24, 2.45) is 0 Å². The van der Waals surface area contributed by atoms with Gasteiger partial charge < -0.3 is 4.42 Å². The van der Waals surface area contributed by atoms with Crippen molar-refractivity contribution in [3.8, 4) is 0 Å². The minimum absolute atomic E-state index is 0.0577. The molecule has 0 aliphatic carbocycles. The molecular weight excluding hydrogens is 310 g/mol. The standard InChI is InChI=1S/C12H7BrClFO2/c13-9-2-1-8(15)5-7(9)6-10(16)11-3-4-12(14)17-11/h1-5H,6H2. The van der Waals surface area contributed by atoms with Crippen LogP contribution in [0.1, 0.15) is 16.1 Å². The summed E-state index contributed by atoms with van der Waals surface area (Å²) >= 11 is 8.84. The van der Waals surface area contributed by atoms with Crippen LogP contribution < -0.4 is 0 Å². The predicted molar refractivity (Wildman–Crippen MR) is 65.9 cm³/mol. The van der Waals surface area contributed by atoms with Crippen LogP contribution in [-0.2, 0) is 6.42 Å². The highest BCUT2D eigenvalue weighted by molar-refractivity contribution is 9.10. The van der Waals surface area contributed by atoms with Crippen LogP contribution >= 0.6 is 27.5 Å². The molecule has 0 fully saturated rings. The molecule has 5 heteroatoms. The number of halogens is 3. The number of benzene rings is 1. The van der Waals surface area contributed by atoms with Crippen LogP contribution in [0.3, 0.4) is 0 Å². The van der Waals surface area contributed by atoms with Gasteiger partial charge in [0.1, 0.15) is 5.82 Å². The topological polar surface area (TPSA) is 30.2 Å². The van der Waals surface area contributed by atoms with Crippen LogP contribution in [0, 0.1) is 5.82 Å². The first-order chi connectivity index (χ1) is 8.06. The van der Waals surface area contributed by atoms with Gasteiger partial charge in [-0.2, -0.15) is 0 Å². The van der Waals surface area contributed by atoms with Crippen molar-refractivity contribution in [1.82, 2.24) is 0 Å². The first-order valence-corrected chi connectivity index (χ1v) is 5.96. The maximum atomic E-state index is 13.0. The lowest BCUT2D eigenvalue weighted by molar-refractivity contribution is 0.0966. The number of furan rings is 1. The van der Waals surface area contributed by atoms with Crippen molar-refractivity contribution in [3.63, 3.8) is 0 Å². The SMILES string of the molecule is O=C(Cc1cc(F)ccc1Br)c1ccc(Cl)o1. The Kier molecular flexibility index (Phi) is 3.64. The van der Waals surface area contributed by atoms with Gasteiger partial charge >= 0.3 is 0 Å². The molecule has 2 nitrogen and oxygen atoms in total. The number of rotatable bonds is 3. The average Bonchev–Trinajstić information content (AvgIpc) is 2.70. The zero-order valence-electron chi connectivity index (χ0n) is 8.54. The van der Waals surface area contributed by atoms with Gasteiger partial charge in [-0.15, -0.1) is 0 Å². The number of carbonyl (C=O) groups excluding carboxylic acids is 1. The van der Waals surface area contributed by atoms with Gasteiger partial charge in [0.15, 0.2) is 11.0 Å². The Bertz CT molecular complexity index is 565. The molecule has 1 aromatic heterocycles. The summed E-state index contributed by atoms with van der Waals surface area (Å²) in [6.07, 6.45) is 0.0577. The largest absolute Gasteiger partial charge is 0.442 e. The van der Waals surface area contributed by atoms with Crippen LogP contribution in [0.15, 0.2) is 39.2 Å². The second-order valence-corrected chi connectivity index (χ2v) is 4.67. The van der Waals surface area contributed by atoms with E-state index in [9.17, 15) is 9.18 Å². The maximum Gasteiger partial charge on any atom is 0.202 e. The molecule has 0 bridgehead atoms. The van der Waals surface area contributed by atoms with Gasteiger partial charge in [0.2, 0.25) is 5.78 Å². The van der Waals surface area contributed by atoms with Crippen molar-refractivity contribution >= 4 is 33.3 Å². The minimum Gasteiger partial charge on any atom is -0.442 e. The molecular formula is C12H7BrClFO2. The molecule has 0 saturated heterocycles. The molecule has 0 unspecified atom stereocenters. The molecule has 1 aromatic carbocycles. The molecule has 0 N–H and O–H groups in total. The summed E-state index contributed by atoms with van der Waals surface area (Å²) < 4.78 is 18.7. The van der Waals surface area contributed by atoms with Crippen LogP contribution in [0.25, 0.3) is 0 Å². The molecule has 0 aliphatic rings. The Morgan fingerprint density at radius 3 is 2.76 bits per heavy atom. The summed E-state index contributed by atoms with van der Waals surface area (Å²) in [5.74, 6) is -0.456. The van der Waals surface area contributed by atoms with Crippen LogP contribution in [0.2, 0.25) is 5.22 Å². The molecule has 2 rings (SSSR count). The fourth-order valence-corrected chi connectivity index (χ4v) is 1.94. The van der Waals surface area contributed by atoms with Gasteiger partial charge in [-0.3, -0.25) is 4.79 Å². The van der Waals surface area contributed by atoms with Gasteiger partial charge in [0.05, 0.1) is 0 Å². The molecule has 0 amide bonds. The summed E-state index contributed by atoms with van der Waals surface area (Å²) in [4.78, 5) is 11.8. The summed E-state index contributed by atoms with van der Waals surface area (Å²) in [6, 6.07) is 7.19. The Balaban J connectivity index is 2.21. The van der Waals surface area contributed by atoms with E-state index in [-0.39, 0.29) is 29.0 Å². The summed E-state index contributed by atoms with van der Waals surface area (Å²) in [6.45, 7) is 0. The Labute approximate surface area is 111 Å². The highest BCUT2D eigenvalue weighted by Gasteiger charge is 2.13. The van der Waals surface area contributed by atoms with Crippen LogP contribution in [-0.4, -0.2) is 5.78 Å². The lowest BCUT2D eigenvalue weighted by Crippen LogP contribution is -2.03. The van der Waals surface area contributed by atoms with Gasteiger partial charge in [0.25, 0.3) is 0 Å². The van der Waals surface area contributed by atoms with Crippen LogP contribution in [0.4, 0.5) is 4.39 Å². The number of Topliss-reactive ketones (excluding diaryl/α,β-unsaturated/α-hetero) is 1. The zero-order chi connectivity index (χ0) is 12.4. The summed E-state index contributed by atoms with van der Waals surface area (Å²) in [5.41, 5.74) is 0.572. The molecule has 17 heavy (non-hydrogen) atoms. The summed E-state index contributed by atoms with van der Waals surface area (Å²) in [5, 5.41) is 0.159. The van der Waals surface area contributed by atoms with E-state index in [1.54, 1.807) is 6.07 Å². The molecule has 0 aliphatic heterocycles. The number of carbonyl (C=O) groups is 1. The monoisotopic (exact) mass is 316 g/mol. The van der Waals surface area contributed by atoms with Crippen molar-refractivity contribution in [2.45, 2.75) is 6.42 Å². The van der Waals surface area contributed by atoms with E-state index >= 15 is 0 Å². The quantitative estimate of drug-likeness (QED) is 0.792. The van der Waals surface area contributed by atoms with Crippen molar-refractivity contribution in [2.75, 3.05) is 0 Å². The first kappa shape index (κ1) is 12.3. The van der Waals surface area contributed by atoms with Crippen molar-refractivity contribution in [1.29, 1.82) is 0 Å². The van der Waals surface area contributed by atoms with E-state index in [0.717, 1.165) is 0 Å². The molecule has 2 aromatic rings. The lowest BCUT2D eigenvalue weighted by Gasteiger charge is -2.02. The van der Waals surface area contributed by atoms with E-state index in [1.807, 2.05) is 0 Å². The minimum atomic E-state index is -0.381. The van der Waals surface area contributed by atoms with Gasteiger partial charge in [-0.25, -0.2) is 4.39 Å². The highest BCUT2D eigenvalue weighted by Crippen LogP contribution is 2.21. The summed E-state index contributed by atoms with van der Waals surface area (Å²) in [7, 11) is 0. The van der Waals surface area contributed by atoms with E-state index < -0.39 is 0 Å². The van der Waals surface area contributed by atoms with Crippen molar-refractivity contribution < 1.29 is 13.6 Å². The highest BCUT2D eigenvalue weighted by atomic mass is 79.9. The Hall–Kier alpha value is -1.13. The van der Waals surface area contributed by atoms with E-state index in [0.29, 0.717) is 10.0 Å². The second kappa shape index (κ2) is 5.02. The van der Waals surface area contributed by atoms with E-state index in [1.165, 1.54) is 24.3 Å². The zero-order valence-corrected chi connectivity index (χ0v) is 10.9. The maximum absolute atomic E-state index is 13.0. The van der Waals surface area contributed by atoms with Gasteiger partial charge in [-0.05, 0) is 47.5 Å². The third-order valence-electron chi connectivity index (χ3n) is 2.21. The normalized spacial score (nSPS) is 10.5. The molecule has 88 valence electrons. The molecule has 0 radical (unpaired) electrons. The molecule has 0 spiro atoms. The third kappa shape index (κ3) is 2.96. The molecule has 0 saturated carbocycles. The Morgan fingerprint density at radius 2 is 2.12 bits per heavy atom. The molecule has 1 heterocycles. The molecule has 0 atom stereocenters. The smallest absolute Gasteiger partial charge is 0.202 e. The third-order valence-corrected chi connectivity index (χ3v) is 3.18. The fraction of sp³-hybridized carbons (Fsp3) is 0.0833. The predicted octanol–water partition coefficient (Wildman–Crippen LogP) is 4.26. The van der Waals surface area contributed by atoms with E-state index in [2.05, 4.69) is 15.9 Å². The first-order valence-electron chi connectivity index (χ1n) is 4.79. The van der Waals surface area contributed by atoms with Crippen LogP contribution in [0.5, 0.6) is 0 Å². The number of hydrogen-bond donors (Lipinski definition) is 0. The van der Waals surface area contributed by atoms with Crippen molar-refractivity contribution in [3.05, 3.63) is 57.2 Å². The lowest BCUT2D eigenvalue weighted by atomic mass is 10.1. The van der Waals surface area contributed by atoms with Gasteiger partial charge in [-0.1, -0.05) is 15.9 Å². The fourth-order valence-electron chi connectivity index (χ4n) is 1.40. The second-order valence-electron chi connectivity index (χ2n) is 3.44. The Morgan fingerprint density at radius 1 is 1.35 bits per heavy atom. The average molecular weight is 318 g/mol. The van der Waals surface area contributed by atoms with E-state index in [4.69, 9.17) is 16.0 Å². The van der Waals surface area contributed by atoms with Gasteiger partial charge in [0, 0.05) is 10.9 Å². The number of hydrogen-bond acceptors (Lipinski definition) is 2.